The van der Waals surface area contributed by atoms with Gasteiger partial charge in [-0.15, -0.1) is 0 Å². The minimum Gasteiger partial charge on any atom is -0.394 e. The summed E-state index contributed by atoms with van der Waals surface area (Å²) in [5, 5.41) is 18.0. The van der Waals surface area contributed by atoms with Gasteiger partial charge in [-0.25, -0.2) is 0 Å². The third-order valence-corrected chi connectivity index (χ3v) is 4.70. The van der Waals surface area contributed by atoms with Crippen molar-refractivity contribution in [3.05, 3.63) is 16.9 Å². The van der Waals surface area contributed by atoms with E-state index in [0.29, 0.717) is 5.92 Å². The number of aliphatic hydroxyl groups is 1. The number of aliphatic hydroxyl groups excluding tert-OH is 1. The molecule has 1 aromatic heterocycles. The number of nitrogens with zero attached hydrogens (tertiary/aromatic N) is 2. The molecule has 1 aromatic rings. The molecule has 0 amide bonds. The molecular formula is C13H22ClN3O. The van der Waals surface area contributed by atoms with E-state index in [4.69, 9.17) is 11.6 Å². The van der Waals surface area contributed by atoms with Crippen molar-refractivity contribution in [2.45, 2.75) is 44.7 Å². The van der Waals surface area contributed by atoms with Crippen molar-refractivity contribution in [2.24, 2.45) is 5.92 Å². The number of hydrogen-bond acceptors (Lipinski definition) is 3. The minimum absolute atomic E-state index is 0.0913. The standard InChI is InChI=1S/C13H22ClN3O/c1-10-12(14)8-17(16-10)7-5-11-4-3-6-13(11,9-18)15-2/h8,11,15,18H,3-7,9H2,1-2H3. The maximum Gasteiger partial charge on any atom is 0.0814 e. The Morgan fingerprint density at radius 1 is 1.67 bits per heavy atom. The second-order valence-corrected chi connectivity index (χ2v) is 5.67. The first-order valence-electron chi connectivity index (χ1n) is 6.60. The van der Waals surface area contributed by atoms with E-state index in [0.717, 1.165) is 30.1 Å². The van der Waals surface area contributed by atoms with Crippen molar-refractivity contribution < 1.29 is 5.11 Å². The fraction of sp³-hybridized carbons (Fsp3) is 0.769. The van der Waals surface area contributed by atoms with Crippen LogP contribution >= 0.6 is 11.6 Å². The van der Waals surface area contributed by atoms with Gasteiger partial charge in [0.15, 0.2) is 0 Å². The summed E-state index contributed by atoms with van der Waals surface area (Å²) >= 11 is 6.00. The van der Waals surface area contributed by atoms with Gasteiger partial charge < -0.3 is 10.4 Å². The first-order valence-corrected chi connectivity index (χ1v) is 6.98. The highest BCUT2D eigenvalue weighted by Crippen LogP contribution is 2.37. The molecule has 5 heteroatoms. The summed E-state index contributed by atoms with van der Waals surface area (Å²) in [6, 6.07) is 0. The van der Waals surface area contributed by atoms with Crippen LogP contribution < -0.4 is 5.32 Å². The molecule has 2 unspecified atom stereocenters. The molecule has 1 fully saturated rings. The number of halogens is 1. The Labute approximate surface area is 113 Å². The monoisotopic (exact) mass is 271 g/mol. The Bertz CT molecular complexity index is 381. The van der Waals surface area contributed by atoms with E-state index in [-0.39, 0.29) is 12.1 Å². The van der Waals surface area contributed by atoms with Gasteiger partial charge in [-0.05, 0) is 39.2 Å². The normalized spacial score (nSPS) is 27.9. The topological polar surface area (TPSA) is 50.1 Å². The van der Waals surface area contributed by atoms with Crippen molar-refractivity contribution in [1.82, 2.24) is 15.1 Å². The average Bonchev–Trinajstić information content (AvgIpc) is 2.91. The van der Waals surface area contributed by atoms with Crippen molar-refractivity contribution in [2.75, 3.05) is 13.7 Å². The van der Waals surface area contributed by atoms with E-state index in [1.807, 2.05) is 24.9 Å². The molecule has 102 valence electrons. The Balaban J connectivity index is 1.97. The van der Waals surface area contributed by atoms with E-state index in [2.05, 4.69) is 10.4 Å². The number of aromatic nitrogens is 2. The number of hydrogen-bond donors (Lipinski definition) is 2. The van der Waals surface area contributed by atoms with Crippen molar-refractivity contribution >= 4 is 11.6 Å². The maximum atomic E-state index is 9.63. The van der Waals surface area contributed by atoms with Gasteiger partial charge in [0.2, 0.25) is 0 Å². The molecule has 1 saturated carbocycles. The quantitative estimate of drug-likeness (QED) is 0.861. The Kier molecular flexibility index (Phi) is 4.30. The summed E-state index contributed by atoms with van der Waals surface area (Å²) in [4.78, 5) is 0. The number of likely N-dealkylation sites (N-methyl/N-ethyl adjacent to an activating group) is 1. The van der Waals surface area contributed by atoms with Crippen LogP contribution in [0.3, 0.4) is 0 Å². The average molecular weight is 272 g/mol. The summed E-state index contributed by atoms with van der Waals surface area (Å²) in [6.45, 7) is 2.99. The van der Waals surface area contributed by atoms with Gasteiger partial charge in [-0.2, -0.15) is 5.10 Å². The smallest absolute Gasteiger partial charge is 0.0814 e. The van der Waals surface area contributed by atoms with Crippen LogP contribution in [0.1, 0.15) is 31.4 Å². The summed E-state index contributed by atoms with van der Waals surface area (Å²) in [5.74, 6) is 0.510. The van der Waals surface area contributed by atoms with Gasteiger partial charge in [-0.1, -0.05) is 18.0 Å². The van der Waals surface area contributed by atoms with Crippen LogP contribution in [0.15, 0.2) is 6.20 Å². The third kappa shape index (κ3) is 2.56. The van der Waals surface area contributed by atoms with Gasteiger partial charge in [0, 0.05) is 18.3 Å². The SMILES string of the molecule is CNC1(CO)CCCC1CCn1cc(Cl)c(C)n1. The summed E-state index contributed by atoms with van der Waals surface area (Å²) in [6.07, 6.45) is 6.33. The molecule has 0 radical (unpaired) electrons. The second kappa shape index (κ2) is 5.59. The lowest BCUT2D eigenvalue weighted by Crippen LogP contribution is -2.49. The van der Waals surface area contributed by atoms with Crippen LogP contribution in [0.25, 0.3) is 0 Å². The molecule has 0 spiro atoms. The predicted molar refractivity (Wildman–Crippen MR) is 72.8 cm³/mol. The third-order valence-electron chi connectivity index (χ3n) is 4.33. The van der Waals surface area contributed by atoms with Gasteiger partial charge in [-0.3, -0.25) is 4.68 Å². The van der Waals surface area contributed by atoms with E-state index in [9.17, 15) is 5.11 Å². The van der Waals surface area contributed by atoms with E-state index in [1.54, 1.807) is 0 Å². The Hall–Kier alpha value is -0.580. The van der Waals surface area contributed by atoms with E-state index in [1.165, 1.54) is 12.8 Å². The summed E-state index contributed by atoms with van der Waals surface area (Å²) < 4.78 is 1.91. The molecule has 2 N–H and O–H groups in total. The predicted octanol–water partition coefficient (Wildman–Crippen LogP) is 1.99. The zero-order valence-corrected chi connectivity index (χ0v) is 11.9. The summed E-state index contributed by atoms with van der Waals surface area (Å²) in [5.41, 5.74) is 0.788. The molecule has 18 heavy (non-hydrogen) atoms. The highest BCUT2D eigenvalue weighted by molar-refractivity contribution is 6.31. The Morgan fingerprint density at radius 2 is 2.44 bits per heavy atom. The van der Waals surface area contributed by atoms with Crippen LogP contribution in [-0.2, 0) is 6.54 Å². The van der Waals surface area contributed by atoms with Gasteiger partial charge in [0.25, 0.3) is 0 Å². The van der Waals surface area contributed by atoms with Crippen molar-refractivity contribution in [3.8, 4) is 0 Å². The van der Waals surface area contributed by atoms with Crippen LogP contribution in [0.5, 0.6) is 0 Å². The van der Waals surface area contributed by atoms with E-state index < -0.39 is 0 Å². The molecule has 4 nitrogen and oxygen atoms in total. The molecule has 1 aliphatic rings. The number of aryl methyl sites for hydroxylation is 2. The molecule has 1 aliphatic carbocycles. The van der Waals surface area contributed by atoms with E-state index >= 15 is 0 Å². The molecule has 0 bridgehead atoms. The van der Waals surface area contributed by atoms with Gasteiger partial charge in [0.05, 0.1) is 17.3 Å². The first-order chi connectivity index (χ1) is 8.61. The first kappa shape index (κ1) is 13.8. The molecule has 2 rings (SSSR count). The molecule has 1 heterocycles. The van der Waals surface area contributed by atoms with Crippen molar-refractivity contribution in [1.29, 1.82) is 0 Å². The fourth-order valence-corrected chi connectivity index (χ4v) is 3.23. The van der Waals surface area contributed by atoms with Crippen LogP contribution in [0.2, 0.25) is 5.02 Å². The molecule has 0 aliphatic heterocycles. The Morgan fingerprint density at radius 3 is 3.00 bits per heavy atom. The maximum absolute atomic E-state index is 9.63. The van der Waals surface area contributed by atoms with Crippen LogP contribution in [-0.4, -0.2) is 34.1 Å². The zero-order chi connectivity index (χ0) is 13.2. The lowest BCUT2D eigenvalue weighted by atomic mass is 9.85. The molecular weight excluding hydrogens is 250 g/mol. The van der Waals surface area contributed by atoms with Crippen LogP contribution in [0, 0.1) is 12.8 Å². The highest BCUT2D eigenvalue weighted by atomic mass is 35.5. The molecule has 0 aromatic carbocycles. The molecule has 2 atom stereocenters. The lowest BCUT2D eigenvalue weighted by molar-refractivity contribution is 0.124. The largest absolute Gasteiger partial charge is 0.394 e. The van der Waals surface area contributed by atoms with Gasteiger partial charge >= 0.3 is 0 Å². The lowest BCUT2D eigenvalue weighted by Gasteiger charge is -2.33. The van der Waals surface area contributed by atoms with Crippen molar-refractivity contribution in [3.63, 3.8) is 0 Å². The summed E-state index contributed by atoms with van der Waals surface area (Å²) in [7, 11) is 1.95. The van der Waals surface area contributed by atoms with Crippen LogP contribution in [0.4, 0.5) is 0 Å². The number of nitrogens with one attached hydrogen (secondary N) is 1. The van der Waals surface area contributed by atoms with Gasteiger partial charge in [0.1, 0.15) is 0 Å². The fourth-order valence-electron chi connectivity index (χ4n) is 3.08. The molecule has 0 saturated heterocycles. The zero-order valence-electron chi connectivity index (χ0n) is 11.1. The highest BCUT2D eigenvalue weighted by Gasteiger charge is 2.40. The minimum atomic E-state index is -0.0913. The second-order valence-electron chi connectivity index (χ2n) is 5.27. The number of rotatable bonds is 5.